The summed E-state index contributed by atoms with van der Waals surface area (Å²) in [4.78, 5) is 4.04. The standard InChI is InChI=1S/C18H24N2O2/c1-13(2)17(21)12-20-10-15-6-7-18(14(3)9-15)22-16-5-4-8-19-11-16/h4-9,11,13,17,20-21H,10,12H2,1-3H3. The first-order valence-electron chi connectivity index (χ1n) is 7.62. The fourth-order valence-corrected chi connectivity index (χ4v) is 2.07. The minimum Gasteiger partial charge on any atom is -0.455 e. The van der Waals surface area contributed by atoms with Crippen LogP contribution in [0.4, 0.5) is 0 Å². The Morgan fingerprint density at radius 1 is 1.27 bits per heavy atom. The van der Waals surface area contributed by atoms with E-state index in [-0.39, 0.29) is 12.0 Å². The van der Waals surface area contributed by atoms with Gasteiger partial charge in [0.25, 0.3) is 0 Å². The smallest absolute Gasteiger partial charge is 0.145 e. The van der Waals surface area contributed by atoms with Crippen LogP contribution >= 0.6 is 0 Å². The summed E-state index contributed by atoms with van der Waals surface area (Å²) in [6.45, 7) is 7.39. The number of rotatable bonds is 7. The molecule has 2 rings (SSSR count). The minimum absolute atomic E-state index is 0.268. The van der Waals surface area contributed by atoms with Crippen LogP contribution in [0.25, 0.3) is 0 Å². The Morgan fingerprint density at radius 3 is 2.73 bits per heavy atom. The molecule has 1 heterocycles. The lowest BCUT2D eigenvalue weighted by Crippen LogP contribution is -2.30. The number of pyridine rings is 1. The van der Waals surface area contributed by atoms with Crippen molar-refractivity contribution >= 4 is 0 Å². The summed E-state index contributed by atoms with van der Waals surface area (Å²) in [7, 11) is 0. The van der Waals surface area contributed by atoms with Crippen molar-refractivity contribution in [3.8, 4) is 11.5 Å². The highest BCUT2D eigenvalue weighted by Gasteiger charge is 2.08. The Kier molecular flexibility index (Phi) is 5.92. The van der Waals surface area contributed by atoms with E-state index in [2.05, 4.69) is 16.4 Å². The molecule has 4 nitrogen and oxygen atoms in total. The van der Waals surface area contributed by atoms with Gasteiger partial charge in [0.2, 0.25) is 0 Å². The number of benzene rings is 1. The third kappa shape index (κ3) is 4.83. The molecule has 0 aliphatic heterocycles. The molecule has 118 valence electrons. The molecule has 0 aliphatic rings. The quantitative estimate of drug-likeness (QED) is 0.824. The van der Waals surface area contributed by atoms with E-state index in [1.165, 1.54) is 5.56 Å². The van der Waals surface area contributed by atoms with Gasteiger partial charge in [-0.05, 0) is 42.2 Å². The molecule has 0 fully saturated rings. The van der Waals surface area contributed by atoms with Crippen LogP contribution < -0.4 is 10.1 Å². The number of nitrogens with zero attached hydrogens (tertiary/aromatic N) is 1. The van der Waals surface area contributed by atoms with Crippen LogP contribution in [0.15, 0.2) is 42.7 Å². The first kappa shape index (κ1) is 16.5. The average molecular weight is 300 g/mol. The maximum absolute atomic E-state index is 9.78. The molecule has 4 heteroatoms. The van der Waals surface area contributed by atoms with Crippen molar-refractivity contribution in [2.45, 2.75) is 33.4 Å². The Hall–Kier alpha value is -1.91. The van der Waals surface area contributed by atoms with E-state index >= 15 is 0 Å². The lowest BCUT2D eigenvalue weighted by Gasteiger charge is -2.15. The van der Waals surface area contributed by atoms with Crippen LogP contribution in [0.1, 0.15) is 25.0 Å². The lowest BCUT2D eigenvalue weighted by atomic mass is 10.1. The molecule has 0 saturated heterocycles. The lowest BCUT2D eigenvalue weighted by molar-refractivity contribution is 0.123. The van der Waals surface area contributed by atoms with Crippen LogP contribution in [0, 0.1) is 12.8 Å². The highest BCUT2D eigenvalue weighted by Crippen LogP contribution is 2.25. The van der Waals surface area contributed by atoms with Crippen LogP contribution in [0.5, 0.6) is 11.5 Å². The van der Waals surface area contributed by atoms with E-state index in [1.807, 2.05) is 45.0 Å². The zero-order valence-corrected chi connectivity index (χ0v) is 13.4. The maximum atomic E-state index is 9.78. The summed E-state index contributed by atoms with van der Waals surface area (Å²) in [6.07, 6.45) is 3.11. The molecule has 0 aliphatic carbocycles. The molecule has 0 amide bonds. The Morgan fingerprint density at radius 2 is 2.09 bits per heavy atom. The monoisotopic (exact) mass is 300 g/mol. The van der Waals surface area contributed by atoms with Crippen molar-refractivity contribution in [1.29, 1.82) is 0 Å². The molecule has 22 heavy (non-hydrogen) atoms. The highest BCUT2D eigenvalue weighted by molar-refractivity contribution is 5.39. The van der Waals surface area contributed by atoms with Gasteiger partial charge in [0.05, 0.1) is 12.3 Å². The van der Waals surface area contributed by atoms with Gasteiger partial charge >= 0.3 is 0 Å². The van der Waals surface area contributed by atoms with Gasteiger partial charge in [0.15, 0.2) is 0 Å². The zero-order chi connectivity index (χ0) is 15.9. The number of hydrogen-bond donors (Lipinski definition) is 2. The molecule has 2 N–H and O–H groups in total. The number of ether oxygens (including phenoxy) is 1. The SMILES string of the molecule is Cc1cc(CNCC(O)C(C)C)ccc1Oc1cccnc1. The summed E-state index contributed by atoms with van der Waals surface area (Å²) in [6, 6.07) is 9.84. The maximum Gasteiger partial charge on any atom is 0.145 e. The minimum atomic E-state index is -0.311. The largest absolute Gasteiger partial charge is 0.455 e. The Balaban J connectivity index is 1.92. The van der Waals surface area contributed by atoms with Gasteiger partial charge in [-0.25, -0.2) is 0 Å². The predicted molar refractivity (Wildman–Crippen MR) is 88.0 cm³/mol. The fraction of sp³-hybridized carbons (Fsp3) is 0.389. The number of aryl methyl sites for hydroxylation is 1. The van der Waals surface area contributed by atoms with Crippen molar-refractivity contribution in [3.05, 3.63) is 53.9 Å². The van der Waals surface area contributed by atoms with Gasteiger partial charge < -0.3 is 15.2 Å². The third-order valence-electron chi connectivity index (χ3n) is 3.55. The van der Waals surface area contributed by atoms with E-state index in [1.54, 1.807) is 12.4 Å². The molecule has 0 saturated carbocycles. The Labute approximate surface area is 132 Å². The summed E-state index contributed by atoms with van der Waals surface area (Å²) in [5.41, 5.74) is 2.25. The molecule has 1 aromatic heterocycles. The second-order valence-corrected chi connectivity index (χ2v) is 5.83. The fourth-order valence-electron chi connectivity index (χ4n) is 2.07. The molecule has 0 spiro atoms. The van der Waals surface area contributed by atoms with Gasteiger partial charge in [0, 0.05) is 19.3 Å². The molecular weight excluding hydrogens is 276 g/mol. The van der Waals surface area contributed by atoms with Gasteiger partial charge in [-0.2, -0.15) is 0 Å². The van der Waals surface area contributed by atoms with Crippen molar-refractivity contribution < 1.29 is 9.84 Å². The molecule has 2 aromatic rings. The van der Waals surface area contributed by atoms with Gasteiger partial charge in [-0.15, -0.1) is 0 Å². The highest BCUT2D eigenvalue weighted by atomic mass is 16.5. The molecular formula is C18H24N2O2. The van der Waals surface area contributed by atoms with Crippen molar-refractivity contribution in [2.75, 3.05) is 6.54 Å². The normalized spacial score (nSPS) is 12.4. The van der Waals surface area contributed by atoms with Gasteiger partial charge in [-0.3, -0.25) is 4.98 Å². The number of aliphatic hydroxyl groups is 1. The summed E-state index contributed by atoms with van der Waals surface area (Å²) in [5, 5.41) is 13.1. The number of hydrogen-bond acceptors (Lipinski definition) is 4. The molecule has 0 radical (unpaired) electrons. The van der Waals surface area contributed by atoms with Crippen LogP contribution in [-0.2, 0) is 6.54 Å². The van der Waals surface area contributed by atoms with E-state index < -0.39 is 0 Å². The second-order valence-electron chi connectivity index (χ2n) is 5.83. The summed E-state index contributed by atoms with van der Waals surface area (Å²) in [5.74, 6) is 1.83. The zero-order valence-electron chi connectivity index (χ0n) is 13.4. The molecule has 1 unspecified atom stereocenters. The third-order valence-corrected chi connectivity index (χ3v) is 3.55. The summed E-state index contributed by atoms with van der Waals surface area (Å²) >= 11 is 0. The topological polar surface area (TPSA) is 54.4 Å². The number of aromatic nitrogens is 1. The average Bonchev–Trinajstić information content (AvgIpc) is 2.50. The van der Waals surface area contributed by atoms with E-state index in [9.17, 15) is 5.11 Å². The van der Waals surface area contributed by atoms with E-state index in [4.69, 9.17) is 4.74 Å². The molecule has 1 aromatic carbocycles. The first-order chi connectivity index (χ1) is 10.6. The predicted octanol–water partition coefficient (Wildman–Crippen LogP) is 3.29. The van der Waals surface area contributed by atoms with Crippen molar-refractivity contribution in [2.24, 2.45) is 5.92 Å². The second kappa shape index (κ2) is 7.92. The Bertz CT molecular complexity index is 585. The van der Waals surface area contributed by atoms with Crippen LogP contribution in [0.2, 0.25) is 0 Å². The van der Waals surface area contributed by atoms with Crippen molar-refractivity contribution in [1.82, 2.24) is 10.3 Å². The summed E-state index contributed by atoms with van der Waals surface area (Å²) < 4.78 is 5.82. The van der Waals surface area contributed by atoms with Crippen molar-refractivity contribution in [3.63, 3.8) is 0 Å². The first-order valence-corrected chi connectivity index (χ1v) is 7.62. The number of aliphatic hydroxyl groups excluding tert-OH is 1. The van der Waals surface area contributed by atoms with Gasteiger partial charge in [-0.1, -0.05) is 26.0 Å². The van der Waals surface area contributed by atoms with E-state index in [0.717, 1.165) is 23.6 Å². The van der Waals surface area contributed by atoms with Gasteiger partial charge in [0.1, 0.15) is 11.5 Å². The number of nitrogens with one attached hydrogen (secondary N) is 1. The van der Waals surface area contributed by atoms with Crippen LogP contribution in [0.3, 0.4) is 0 Å². The van der Waals surface area contributed by atoms with E-state index in [0.29, 0.717) is 6.54 Å². The van der Waals surface area contributed by atoms with Crippen LogP contribution in [-0.4, -0.2) is 22.7 Å². The molecule has 0 bridgehead atoms. The molecule has 1 atom stereocenters.